The van der Waals surface area contributed by atoms with E-state index in [0.29, 0.717) is 12.3 Å². The van der Waals surface area contributed by atoms with Crippen LogP contribution in [0, 0.1) is 5.92 Å². The first-order chi connectivity index (χ1) is 7.93. The zero-order valence-corrected chi connectivity index (χ0v) is 10.9. The van der Waals surface area contributed by atoms with Crippen molar-refractivity contribution < 1.29 is 9.52 Å². The minimum absolute atomic E-state index is 0.0790. The van der Waals surface area contributed by atoms with Crippen molar-refractivity contribution in [3.8, 4) is 0 Å². The van der Waals surface area contributed by atoms with Crippen LogP contribution in [0.4, 0.5) is 0 Å². The first-order valence-corrected chi connectivity index (χ1v) is 6.43. The van der Waals surface area contributed by atoms with Crippen LogP contribution >= 0.6 is 0 Å². The number of aliphatic hydroxyl groups excluding tert-OH is 1. The van der Waals surface area contributed by atoms with Crippen LogP contribution in [-0.4, -0.2) is 17.3 Å². The van der Waals surface area contributed by atoms with Gasteiger partial charge in [-0.3, -0.25) is 0 Å². The van der Waals surface area contributed by atoms with Gasteiger partial charge < -0.3 is 15.3 Å². The zero-order valence-electron chi connectivity index (χ0n) is 10.9. The lowest BCUT2D eigenvalue weighted by Crippen LogP contribution is -2.39. The quantitative estimate of drug-likeness (QED) is 0.827. The Hall–Kier alpha value is -0.800. The molecular weight excluding hydrogens is 214 g/mol. The molecule has 3 nitrogen and oxygen atoms in total. The predicted molar refractivity (Wildman–Crippen MR) is 67.9 cm³/mol. The molecule has 17 heavy (non-hydrogen) atoms. The second-order valence-corrected chi connectivity index (χ2v) is 5.95. The van der Waals surface area contributed by atoms with E-state index in [1.165, 1.54) is 6.42 Å². The third kappa shape index (κ3) is 2.72. The van der Waals surface area contributed by atoms with Gasteiger partial charge in [0.1, 0.15) is 11.5 Å². The number of hydrogen-bond acceptors (Lipinski definition) is 3. The Kier molecular flexibility index (Phi) is 3.32. The van der Waals surface area contributed by atoms with E-state index in [2.05, 4.69) is 13.0 Å². The van der Waals surface area contributed by atoms with Gasteiger partial charge in [-0.2, -0.15) is 0 Å². The van der Waals surface area contributed by atoms with Crippen LogP contribution in [0.25, 0.3) is 0 Å². The Morgan fingerprint density at radius 1 is 1.53 bits per heavy atom. The highest BCUT2D eigenvalue weighted by Crippen LogP contribution is 2.48. The highest BCUT2D eigenvalue weighted by atomic mass is 16.3. The molecule has 0 bridgehead atoms. The fraction of sp³-hybridized carbons (Fsp3) is 0.714. The second kappa shape index (κ2) is 4.46. The molecule has 1 saturated carbocycles. The lowest BCUT2D eigenvalue weighted by molar-refractivity contribution is 0.234. The van der Waals surface area contributed by atoms with Gasteiger partial charge in [-0.25, -0.2) is 0 Å². The van der Waals surface area contributed by atoms with Gasteiger partial charge in [0.2, 0.25) is 0 Å². The number of rotatable bonds is 5. The molecule has 0 amide bonds. The Bertz CT molecular complexity index is 378. The Balaban J connectivity index is 2.16. The molecule has 0 spiro atoms. The molecule has 0 aliphatic heterocycles. The van der Waals surface area contributed by atoms with Gasteiger partial charge in [0.05, 0.1) is 0 Å². The van der Waals surface area contributed by atoms with Gasteiger partial charge in [-0.15, -0.1) is 0 Å². The normalized spacial score (nSPS) is 25.9. The van der Waals surface area contributed by atoms with Gasteiger partial charge in [0, 0.05) is 24.0 Å². The van der Waals surface area contributed by atoms with Gasteiger partial charge in [0.25, 0.3) is 0 Å². The molecule has 3 N–H and O–H groups in total. The Morgan fingerprint density at radius 3 is 2.65 bits per heavy atom. The number of nitrogens with two attached hydrogens (primary N) is 1. The fourth-order valence-corrected chi connectivity index (χ4v) is 2.48. The maximum absolute atomic E-state index is 9.13. The lowest BCUT2D eigenvalue weighted by Gasteiger charge is -2.28. The van der Waals surface area contributed by atoms with Crippen molar-refractivity contribution in [1.29, 1.82) is 0 Å². The van der Waals surface area contributed by atoms with E-state index in [1.54, 1.807) is 0 Å². The molecule has 0 saturated heterocycles. The van der Waals surface area contributed by atoms with Crippen molar-refractivity contribution in [2.75, 3.05) is 6.61 Å². The predicted octanol–water partition coefficient (Wildman–Crippen LogP) is 2.61. The standard InChI is InChI=1S/C14H23NO2/c1-9-8-10(9)12-4-5-13(17-12)11(6-7-16)14(2,3)15/h4-5,9-11,16H,6-8,15H2,1-3H3. The molecule has 1 aromatic heterocycles. The summed E-state index contributed by atoms with van der Waals surface area (Å²) in [4.78, 5) is 0. The van der Waals surface area contributed by atoms with Crippen molar-refractivity contribution in [3.63, 3.8) is 0 Å². The van der Waals surface area contributed by atoms with E-state index >= 15 is 0 Å². The van der Waals surface area contributed by atoms with E-state index in [0.717, 1.165) is 17.4 Å². The van der Waals surface area contributed by atoms with Crippen molar-refractivity contribution in [2.24, 2.45) is 11.7 Å². The monoisotopic (exact) mass is 237 g/mol. The molecule has 1 aromatic rings. The SMILES string of the molecule is CC1CC1c1ccc(C(CCO)C(C)(C)N)o1. The first kappa shape index (κ1) is 12.7. The fourth-order valence-electron chi connectivity index (χ4n) is 2.48. The van der Waals surface area contributed by atoms with E-state index < -0.39 is 0 Å². The maximum Gasteiger partial charge on any atom is 0.109 e. The summed E-state index contributed by atoms with van der Waals surface area (Å²) in [5.41, 5.74) is 5.79. The van der Waals surface area contributed by atoms with Crippen LogP contribution < -0.4 is 5.73 Å². The van der Waals surface area contributed by atoms with Crippen LogP contribution in [0.3, 0.4) is 0 Å². The topological polar surface area (TPSA) is 59.4 Å². The van der Waals surface area contributed by atoms with Crippen LogP contribution in [0.5, 0.6) is 0 Å². The van der Waals surface area contributed by atoms with Crippen molar-refractivity contribution in [2.45, 2.75) is 51.0 Å². The number of hydrogen-bond donors (Lipinski definition) is 2. The molecule has 2 rings (SSSR count). The average molecular weight is 237 g/mol. The number of aliphatic hydroxyl groups is 1. The molecule has 0 aromatic carbocycles. The molecule has 1 fully saturated rings. The summed E-state index contributed by atoms with van der Waals surface area (Å²) in [6.45, 7) is 6.34. The summed E-state index contributed by atoms with van der Waals surface area (Å²) in [6.07, 6.45) is 1.88. The van der Waals surface area contributed by atoms with Gasteiger partial charge in [-0.05, 0) is 44.7 Å². The minimum Gasteiger partial charge on any atom is -0.465 e. The lowest BCUT2D eigenvalue weighted by atomic mass is 9.84. The minimum atomic E-state index is -0.368. The molecule has 1 aliphatic rings. The Labute approximate surface area is 103 Å². The Morgan fingerprint density at radius 2 is 2.18 bits per heavy atom. The van der Waals surface area contributed by atoms with Crippen LogP contribution in [0.2, 0.25) is 0 Å². The maximum atomic E-state index is 9.13. The van der Waals surface area contributed by atoms with E-state index in [4.69, 9.17) is 15.3 Å². The highest BCUT2D eigenvalue weighted by molar-refractivity contribution is 5.21. The van der Waals surface area contributed by atoms with Gasteiger partial charge >= 0.3 is 0 Å². The summed E-state index contributed by atoms with van der Waals surface area (Å²) in [7, 11) is 0. The molecule has 0 radical (unpaired) electrons. The molecule has 3 atom stereocenters. The largest absolute Gasteiger partial charge is 0.465 e. The molecular formula is C14H23NO2. The smallest absolute Gasteiger partial charge is 0.109 e. The summed E-state index contributed by atoms with van der Waals surface area (Å²) in [5.74, 6) is 3.42. The van der Waals surface area contributed by atoms with Crippen LogP contribution in [-0.2, 0) is 0 Å². The van der Waals surface area contributed by atoms with Crippen molar-refractivity contribution in [3.05, 3.63) is 23.7 Å². The van der Waals surface area contributed by atoms with Gasteiger partial charge in [0.15, 0.2) is 0 Å². The summed E-state index contributed by atoms with van der Waals surface area (Å²) in [6, 6.07) is 4.09. The van der Waals surface area contributed by atoms with E-state index in [-0.39, 0.29) is 18.1 Å². The molecule has 3 heteroatoms. The van der Waals surface area contributed by atoms with Crippen LogP contribution in [0.15, 0.2) is 16.5 Å². The van der Waals surface area contributed by atoms with E-state index in [9.17, 15) is 0 Å². The first-order valence-electron chi connectivity index (χ1n) is 6.43. The second-order valence-electron chi connectivity index (χ2n) is 5.95. The zero-order chi connectivity index (χ0) is 12.6. The van der Waals surface area contributed by atoms with Gasteiger partial charge in [-0.1, -0.05) is 6.92 Å². The third-order valence-electron chi connectivity index (χ3n) is 3.78. The summed E-state index contributed by atoms with van der Waals surface area (Å²) in [5, 5.41) is 9.13. The summed E-state index contributed by atoms with van der Waals surface area (Å²) >= 11 is 0. The third-order valence-corrected chi connectivity index (χ3v) is 3.78. The molecule has 3 unspecified atom stereocenters. The number of furan rings is 1. The highest BCUT2D eigenvalue weighted by Gasteiger charge is 2.37. The summed E-state index contributed by atoms with van der Waals surface area (Å²) < 4.78 is 5.93. The van der Waals surface area contributed by atoms with Crippen molar-refractivity contribution >= 4 is 0 Å². The van der Waals surface area contributed by atoms with Crippen LogP contribution in [0.1, 0.15) is 57.0 Å². The average Bonchev–Trinajstić information content (AvgIpc) is 2.78. The molecule has 96 valence electrons. The van der Waals surface area contributed by atoms with Crippen molar-refractivity contribution in [1.82, 2.24) is 0 Å². The van der Waals surface area contributed by atoms with E-state index in [1.807, 2.05) is 19.9 Å². The molecule has 1 heterocycles. The molecule has 1 aliphatic carbocycles.